The number of nitrogens with zero attached hydrogens (tertiary/aromatic N) is 6. The molecule has 1 aliphatic rings. The maximum atomic E-state index is 12.9. The molecule has 4 heterocycles. The summed E-state index contributed by atoms with van der Waals surface area (Å²) in [5, 5.41) is 16.6. The van der Waals surface area contributed by atoms with Crippen molar-refractivity contribution in [3.8, 4) is 17.5 Å². The molecule has 6 rings (SSSR count). The number of rotatable bonds is 5. The van der Waals surface area contributed by atoms with Gasteiger partial charge in [-0.2, -0.15) is 10.4 Å². The van der Waals surface area contributed by atoms with Crippen molar-refractivity contribution < 1.29 is 0 Å². The van der Waals surface area contributed by atoms with Crippen LogP contribution in [0.1, 0.15) is 24.0 Å². The molecule has 5 aromatic rings. The molecule has 1 aromatic carbocycles. The van der Waals surface area contributed by atoms with Gasteiger partial charge < -0.3 is 4.57 Å². The Morgan fingerprint density at radius 2 is 2.14 bits per heavy atom. The van der Waals surface area contributed by atoms with Crippen LogP contribution in [0.4, 0.5) is 0 Å². The lowest BCUT2D eigenvalue weighted by Gasteiger charge is -2.11. The number of hydrogen-bond donors (Lipinski definition) is 1. The van der Waals surface area contributed by atoms with Gasteiger partial charge in [0.2, 0.25) is 0 Å². The molecule has 0 bridgehead atoms. The van der Waals surface area contributed by atoms with Crippen LogP contribution in [-0.2, 0) is 20.1 Å². The van der Waals surface area contributed by atoms with E-state index in [-0.39, 0.29) is 5.69 Å². The highest BCUT2D eigenvalue weighted by Gasteiger charge is 2.26. The number of nitriles is 1. The van der Waals surface area contributed by atoms with Crippen LogP contribution in [0.5, 0.6) is 0 Å². The maximum Gasteiger partial charge on any atom is 0.328 e. The summed E-state index contributed by atoms with van der Waals surface area (Å²) in [6.45, 7) is 1.01. The van der Waals surface area contributed by atoms with Crippen LogP contribution in [-0.4, -0.2) is 28.9 Å². The minimum Gasteiger partial charge on any atom is -0.348 e. The summed E-state index contributed by atoms with van der Waals surface area (Å²) in [4.78, 5) is 20.2. The van der Waals surface area contributed by atoms with Crippen molar-refractivity contribution in [3.05, 3.63) is 74.0 Å². The number of H-pyrrole nitrogens is 1. The van der Waals surface area contributed by atoms with E-state index in [0.717, 1.165) is 40.7 Å². The Balaban J connectivity index is 1.64. The lowest BCUT2D eigenvalue weighted by atomic mass is 10.1. The molecule has 8 nitrogen and oxygen atoms in total. The third kappa shape index (κ3) is 3.66. The Morgan fingerprint density at radius 1 is 1.31 bits per heavy atom. The molecule has 0 amide bonds. The van der Waals surface area contributed by atoms with Crippen molar-refractivity contribution in [1.29, 1.82) is 5.26 Å². The molecule has 10 heteroatoms. The number of aromatic amines is 1. The van der Waals surface area contributed by atoms with Crippen LogP contribution in [0.3, 0.4) is 0 Å². The summed E-state index contributed by atoms with van der Waals surface area (Å²) >= 11 is 12.0. The van der Waals surface area contributed by atoms with Gasteiger partial charge >= 0.3 is 5.69 Å². The average Bonchev–Trinajstić information content (AvgIpc) is 3.47. The first-order valence-corrected chi connectivity index (χ1v) is 12.1. The summed E-state index contributed by atoms with van der Waals surface area (Å²) in [7, 11) is 1.88. The van der Waals surface area contributed by atoms with Gasteiger partial charge in [0.05, 0.1) is 39.4 Å². The predicted octanol–water partition coefficient (Wildman–Crippen LogP) is 4.79. The van der Waals surface area contributed by atoms with Gasteiger partial charge in [-0.3, -0.25) is 19.2 Å². The summed E-state index contributed by atoms with van der Waals surface area (Å²) in [6, 6.07) is 11.7. The minimum atomic E-state index is -0.253. The van der Waals surface area contributed by atoms with Crippen LogP contribution in [0.15, 0.2) is 47.5 Å². The smallest absolute Gasteiger partial charge is 0.328 e. The number of fused-ring (bicyclic) bond motifs is 2. The average molecular weight is 502 g/mol. The molecule has 174 valence electrons. The van der Waals surface area contributed by atoms with Crippen molar-refractivity contribution in [3.63, 3.8) is 0 Å². The lowest BCUT2D eigenvalue weighted by molar-refractivity contribution is 0.599. The zero-order chi connectivity index (χ0) is 24.3. The van der Waals surface area contributed by atoms with Crippen molar-refractivity contribution in [1.82, 2.24) is 28.9 Å². The van der Waals surface area contributed by atoms with E-state index in [9.17, 15) is 10.1 Å². The zero-order valence-corrected chi connectivity index (χ0v) is 20.4. The van der Waals surface area contributed by atoms with Crippen LogP contribution in [0.25, 0.3) is 33.3 Å². The van der Waals surface area contributed by atoms with E-state index < -0.39 is 0 Å². The fraction of sp³-hybridized carbons (Fsp3) is 0.240. The number of halogens is 1. The normalized spacial score (nSPS) is 13.5. The Kier molecular flexibility index (Phi) is 5.09. The molecular formula is C25H20ClN7OS. The number of aryl methyl sites for hydroxylation is 1. The van der Waals surface area contributed by atoms with Crippen molar-refractivity contribution in [2.75, 3.05) is 0 Å². The van der Waals surface area contributed by atoms with Crippen molar-refractivity contribution >= 4 is 45.8 Å². The van der Waals surface area contributed by atoms with Crippen molar-refractivity contribution in [2.45, 2.75) is 25.9 Å². The van der Waals surface area contributed by atoms with Gasteiger partial charge in [-0.05, 0) is 42.5 Å². The van der Waals surface area contributed by atoms with Crippen LogP contribution < -0.4 is 5.69 Å². The van der Waals surface area contributed by atoms with E-state index in [2.05, 4.69) is 16.0 Å². The number of aromatic nitrogens is 6. The first-order valence-electron chi connectivity index (χ1n) is 11.3. The summed E-state index contributed by atoms with van der Waals surface area (Å²) in [6.07, 6.45) is 5.71. The second-order valence-electron chi connectivity index (χ2n) is 8.96. The van der Waals surface area contributed by atoms with E-state index in [1.54, 1.807) is 17.0 Å². The fourth-order valence-electron chi connectivity index (χ4n) is 4.63. The number of para-hydroxylation sites is 1. The highest BCUT2D eigenvalue weighted by atomic mass is 35.5. The molecule has 0 spiro atoms. The molecule has 1 N–H and O–H groups in total. The van der Waals surface area contributed by atoms with Gasteiger partial charge in [-0.25, -0.2) is 4.79 Å². The molecule has 1 fully saturated rings. The molecular weight excluding hydrogens is 482 g/mol. The number of hydrogen-bond acceptors (Lipinski definition) is 5. The van der Waals surface area contributed by atoms with E-state index in [1.807, 2.05) is 46.6 Å². The third-order valence-corrected chi connectivity index (χ3v) is 7.14. The number of benzene rings is 1. The van der Waals surface area contributed by atoms with E-state index in [0.29, 0.717) is 45.3 Å². The molecule has 0 radical (unpaired) electrons. The first-order chi connectivity index (χ1) is 16.9. The summed E-state index contributed by atoms with van der Waals surface area (Å²) < 4.78 is 5.78. The number of nitrogens with one attached hydrogen (secondary N) is 1. The van der Waals surface area contributed by atoms with Gasteiger partial charge in [0.25, 0.3) is 0 Å². The first kappa shape index (κ1) is 21.8. The van der Waals surface area contributed by atoms with Crippen LogP contribution >= 0.6 is 23.8 Å². The maximum absolute atomic E-state index is 12.9. The van der Waals surface area contributed by atoms with Gasteiger partial charge in [0, 0.05) is 31.4 Å². The Labute approximate surface area is 210 Å². The molecule has 4 aromatic heterocycles. The molecule has 0 unspecified atom stereocenters. The van der Waals surface area contributed by atoms with E-state index >= 15 is 0 Å². The van der Waals surface area contributed by atoms with E-state index in [1.165, 1.54) is 0 Å². The minimum absolute atomic E-state index is 0.253. The second kappa shape index (κ2) is 8.18. The topological polar surface area (TPSA) is 97.2 Å². The Morgan fingerprint density at radius 3 is 2.89 bits per heavy atom. The van der Waals surface area contributed by atoms with E-state index in [4.69, 9.17) is 28.9 Å². The molecule has 0 atom stereocenters. The molecule has 35 heavy (non-hydrogen) atoms. The van der Waals surface area contributed by atoms with Crippen LogP contribution in [0.2, 0.25) is 5.02 Å². The number of pyridine rings is 1. The predicted molar refractivity (Wildman–Crippen MR) is 137 cm³/mol. The third-order valence-electron chi connectivity index (χ3n) is 6.53. The van der Waals surface area contributed by atoms with Crippen molar-refractivity contribution in [2.24, 2.45) is 13.0 Å². The largest absolute Gasteiger partial charge is 0.348 e. The van der Waals surface area contributed by atoms with Gasteiger partial charge in [-0.15, -0.1) is 0 Å². The van der Waals surface area contributed by atoms with Crippen LogP contribution in [0, 0.1) is 21.9 Å². The standard InChI is InChI=1S/C25H20ClN7OS/c1-31-11-15(10-27)9-19(31)22-20-23(32(12-14-5-6-14)25(34)29-24(20)35)30-33(22)13-16-7-8-28-21-17(16)3-2-4-18(21)26/h2-4,7-9,11,14H,5-6,12-13H2,1H3,(H,29,34,35). The second-order valence-corrected chi connectivity index (χ2v) is 9.78. The van der Waals surface area contributed by atoms with Gasteiger partial charge in [0.15, 0.2) is 5.65 Å². The summed E-state index contributed by atoms with van der Waals surface area (Å²) in [5.41, 5.74) is 4.07. The molecule has 1 saturated carbocycles. The monoisotopic (exact) mass is 501 g/mol. The molecule has 0 saturated heterocycles. The fourth-order valence-corrected chi connectivity index (χ4v) is 5.13. The Hall–Kier alpha value is -3.74. The lowest BCUT2D eigenvalue weighted by Crippen LogP contribution is -2.24. The molecule has 1 aliphatic carbocycles. The zero-order valence-electron chi connectivity index (χ0n) is 18.8. The highest BCUT2D eigenvalue weighted by Crippen LogP contribution is 2.34. The Bertz CT molecular complexity index is 1800. The quantitative estimate of drug-likeness (QED) is 0.349. The highest BCUT2D eigenvalue weighted by molar-refractivity contribution is 7.71. The van der Waals surface area contributed by atoms with Gasteiger partial charge in [0.1, 0.15) is 10.7 Å². The van der Waals surface area contributed by atoms with Gasteiger partial charge in [-0.1, -0.05) is 36.0 Å². The summed E-state index contributed by atoms with van der Waals surface area (Å²) in [5.74, 6) is 0.473. The molecule has 0 aliphatic heterocycles. The SMILES string of the molecule is Cn1cc(C#N)cc1-c1c2c(=S)[nH]c(=O)n(CC3CC3)c2nn1Cc1ccnc2c(Cl)cccc12.